The molecule has 8 heteroatoms. The molecule has 1 aromatic heterocycles. The summed E-state index contributed by atoms with van der Waals surface area (Å²) >= 11 is 0. The number of benzene rings is 1. The number of likely N-dealkylation sites (tertiary alicyclic amines) is 1. The van der Waals surface area contributed by atoms with E-state index in [4.69, 9.17) is 0 Å². The van der Waals surface area contributed by atoms with E-state index in [-0.39, 0.29) is 18.9 Å². The largest absolute Gasteiger partial charge is 0.550 e. The number of carboxylic acids is 1. The Kier molecular flexibility index (Phi) is 4.69. The van der Waals surface area contributed by atoms with Crippen LogP contribution in [0, 0.1) is 5.92 Å². The molecule has 1 aliphatic heterocycles. The molecule has 1 N–H and O–H groups in total. The van der Waals surface area contributed by atoms with Crippen LogP contribution in [0.1, 0.15) is 19.3 Å². The van der Waals surface area contributed by atoms with Crippen LogP contribution < -0.4 is 16.4 Å². The molecule has 0 saturated carbocycles. The Bertz CT molecular complexity index is 922. The molecule has 1 aromatic carbocycles. The van der Waals surface area contributed by atoms with Crippen LogP contribution in [-0.2, 0) is 16.1 Å². The molecular weight excluding hydrogens is 326 g/mol. The van der Waals surface area contributed by atoms with Crippen molar-refractivity contribution in [2.24, 2.45) is 5.92 Å². The van der Waals surface area contributed by atoms with Crippen molar-refractivity contribution in [3.05, 3.63) is 45.1 Å². The molecule has 0 unspecified atom stereocenters. The van der Waals surface area contributed by atoms with E-state index >= 15 is 0 Å². The van der Waals surface area contributed by atoms with Crippen molar-refractivity contribution in [3.63, 3.8) is 0 Å². The summed E-state index contributed by atoms with van der Waals surface area (Å²) in [4.78, 5) is 51.8. The first kappa shape index (κ1) is 16.9. The molecule has 132 valence electrons. The van der Waals surface area contributed by atoms with E-state index < -0.39 is 23.1 Å². The van der Waals surface area contributed by atoms with Crippen molar-refractivity contribution in [2.75, 3.05) is 13.1 Å². The van der Waals surface area contributed by atoms with Crippen LogP contribution >= 0.6 is 0 Å². The highest BCUT2D eigenvalue weighted by atomic mass is 16.4. The number of nitrogens with zero attached hydrogens (tertiary/aromatic N) is 2. The summed E-state index contributed by atoms with van der Waals surface area (Å²) in [7, 11) is 0. The second kappa shape index (κ2) is 6.92. The van der Waals surface area contributed by atoms with Crippen LogP contribution in [0.2, 0.25) is 0 Å². The van der Waals surface area contributed by atoms with Crippen LogP contribution in [-0.4, -0.2) is 39.4 Å². The molecule has 1 aliphatic rings. The molecule has 1 saturated heterocycles. The van der Waals surface area contributed by atoms with Gasteiger partial charge in [0.25, 0.3) is 5.56 Å². The van der Waals surface area contributed by atoms with Gasteiger partial charge in [-0.25, -0.2) is 4.79 Å². The first-order valence-corrected chi connectivity index (χ1v) is 8.18. The van der Waals surface area contributed by atoms with Crippen LogP contribution in [0.4, 0.5) is 0 Å². The average molecular weight is 344 g/mol. The molecule has 3 rings (SSSR count). The number of para-hydroxylation sites is 1. The summed E-state index contributed by atoms with van der Waals surface area (Å²) in [6, 6.07) is 6.70. The molecule has 1 amide bonds. The van der Waals surface area contributed by atoms with E-state index in [1.807, 2.05) is 0 Å². The summed E-state index contributed by atoms with van der Waals surface area (Å²) in [5, 5.41) is 11.2. The van der Waals surface area contributed by atoms with Gasteiger partial charge in [0.2, 0.25) is 5.91 Å². The lowest BCUT2D eigenvalue weighted by molar-refractivity contribution is -0.312. The number of hydrogen-bond acceptors (Lipinski definition) is 5. The van der Waals surface area contributed by atoms with Crippen molar-refractivity contribution < 1.29 is 14.7 Å². The zero-order valence-electron chi connectivity index (χ0n) is 13.6. The third kappa shape index (κ3) is 3.47. The smallest absolute Gasteiger partial charge is 0.328 e. The van der Waals surface area contributed by atoms with Gasteiger partial charge in [0, 0.05) is 37.9 Å². The minimum Gasteiger partial charge on any atom is -0.550 e. The number of nitrogens with one attached hydrogen (secondary N) is 1. The number of H-pyrrole nitrogens is 1. The van der Waals surface area contributed by atoms with Crippen molar-refractivity contribution in [3.8, 4) is 0 Å². The predicted octanol–water partition coefficient (Wildman–Crippen LogP) is -0.932. The number of carboxylic acid groups (broad SMARTS) is 1. The zero-order valence-corrected chi connectivity index (χ0v) is 13.6. The van der Waals surface area contributed by atoms with Gasteiger partial charge in [-0.3, -0.25) is 14.2 Å². The minimum absolute atomic E-state index is 0.0112. The Morgan fingerprint density at radius 2 is 1.84 bits per heavy atom. The molecule has 0 aliphatic carbocycles. The van der Waals surface area contributed by atoms with E-state index in [1.54, 1.807) is 29.2 Å². The van der Waals surface area contributed by atoms with E-state index in [1.165, 1.54) is 0 Å². The SMILES string of the molecule is O=C([O-])C1CCN(C(=O)CCn2c(=O)[nH]c3ccccc3c2=O)CC1. The standard InChI is InChI=1S/C17H19N3O5/c21-14(19-8-5-11(6-9-19)16(23)24)7-10-20-15(22)12-3-1-2-4-13(12)18-17(20)25/h1-4,11H,5-10H2,(H,18,25)(H,23,24)/p-1. The lowest BCUT2D eigenvalue weighted by Gasteiger charge is -2.32. The number of fused-ring (bicyclic) bond motifs is 1. The normalized spacial score (nSPS) is 15.4. The van der Waals surface area contributed by atoms with Crippen molar-refractivity contribution in [1.82, 2.24) is 14.5 Å². The maximum Gasteiger partial charge on any atom is 0.328 e. The molecule has 0 bridgehead atoms. The van der Waals surface area contributed by atoms with Crippen LogP contribution in [0.3, 0.4) is 0 Å². The quantitative estimate of drug-likeness (QED) is 0.769. The highest BCUT2D eigenvalue weighted by Gasteiger charge is 2.23. The Balaban J connectivity index is 1.69. The highest BCUT2D eigenvalue weighted by molar-refractivity contribution is 5.78. The third-order valence-corrected chi connectivity index (χ3v) is 4.62. The number of carbonyl (C=O) groups is 2. The Labute approximate surface area is 142 Å². The highest BCUT2D eigenvalue weighted by Crippen LogP contribution is 2.17. The van der Waals surface area contributed by atoms with E-state index in [0.29, 0.717) is 36.8 Å². The molecule has 1 fully saturated rings. The minimum atomic E-state index is -1.08. The molecule has 25 heavy (non-hydrogen) atoms. The number of carbonyl (C=O) groups excluding carboxylic acids is 2. The number of piperidine rings is 1. The fraction of sp³-hybridized carbons (Fsp3) is 0.412. The van der Waals surface area contributed by atoms with Crippen molar-refractivity contribution in [2.45, 2.75) is 25.8 Å². The van der Waals surface area contributed by atoms with Gasteiger partial charge in [-0.05, 0) is 25.0 Å². The first-order chi connectivity index (χ1) is 12.0. The lowest BCUT2D eigenvalue weighted by atomic mass is 9.97. The zero-order chi connectivity index (χ0) is 18.0. The van der Waals surface area contributed by atoms with E-state index in [9.17, 15) is 24.3 Å². The Morgan fingerprint density at radius 1 is 1.16 bits per heavy atom. The Morgan fingerprint density at radius 3 is 2.52 bits per heavy atom. The van der Waals surface area contributed by atoms with Gasteiger partial charge in [-0.1, -0.05) is 12.1 Å². The van der Waals surface area contributed by atoms with E-state index in [0.717, 1.165) is 4.57 Å². The summed E-state index contributed by atoms with van der Waals surface area (Å²) < 4.78 is 1.02. The lowest BCUT2D eigenvalue weighted by Crippen LogP contribution is -2.44. The molecule has 8 nitrogen and oxygen atoms in total. The molecule has 2 heterocycles. The number of aromatic nitrogens is 2. The van der Waals surface area contributed by atoms with Crippen LogP contribution in [0.25, 0.3) is 10.9 Å². The number of aliphatic carboxylic acids is 1. The fourth-order valence-corrected chi connectivity index (χ4v) is 3.13. The fourth-order valence-electron chi connectivity index (χ4n) is 3.13. The Hall–Kier alpha value is -2.90. The molecular formula is C17H18N3O5-. The van der Waals surface area contributed by atoms with Gasteiger partial charge in [0.1, 0.15) is 0 Å². The predicted molar refractivity (Wildman–Crippen MR) is 87.8 cm³/mol. The van der Waals surface area contributed by atoms with Crippen LogP contribution in [0.15, 0.2) is 33.9 Å². The molecule has 2 aromatic rings. The number of aromatic amines is 1. The van der Waals surface area contributed by atoms with Gasteiger partial charge in [0.05, 0.1) is 10.9 Å². The number of rotatable bonds is 4. The second-order valence-corrected chi connectivity index (χ2v) is 6.16. The summed E-state index contributed by atoms with van der Waals surface area (Å²) in [5.41, 5.74) is -0.514. The van der Waals surface area contributed by atoms with Gasteiger partial charge >= 0.3 is 5.69 Å². The van der Waals surface area contributed by atoms with Gasteiger partial charge in [-0.2, -0.15) is 0 Å². The third-order valence-electron chi connectivity index (χ3n) is 4.62. The second-order valence-electron chi connectivity index (χ2n) is 6.16. The maximum atomic E-state index is 12.4. The molecule has 0 radical (unpaired) electrons. The molecule has 0 spiro atoms. The maximum absolute atomic E-state index is 12.4. The van der Waals surface area contributed by atoms with Gasteiger partial charge in [0.15, 0.2) is 0 Å². The van der Waals surface area contributed by atoms with E-state index in [2.05, 4.69) is 4.98 Å². The summed E-state index contributed by atoms with van der Waals surface area (Å²) in [5.74, 6) is -1.80. The average Bonchev–Trinajstić information content (AvgIpc) is 2.61. The van der Waals surface area contributed by atoms with Crippen molar-refractivity contribution >= 4 is 22.8 Å². The number of amides is 1. The molecule has 0 atom stereocenters. The topological polar surface area (TPSA) is 115 Å². The summed E-state index contributed by atoms with van der Waals surface area (Å²) in [6.07, 6.45) is 0.743. The van der Waals surface area contributed by atoms with Gasteiger partial charge < -0.3 is 19.8 Å². The van der Waals surface area contributed by atoms with Gasteiger partial charge in [-0.15, -0.1) is 0 Å². The monoisotopic (exact) mass is 344 g/mol. The van der Waals surface area contributed by atoms with Crippen LogP contribution in [0.5, 0.6) is 0 Å². The van der Waals surface area contributed by atoms with Crippen molar-refractivity contribution in [1.29, 1.82) is 0 Å². The number of hydrogen-bond donors (Lipinski definition) is 1. The first-order valence-electron chi connectivity index (χ1n) is 8.18. The summed E-state index contributed by atoms with van der Waals surface area (Å²) in [6.45, 7) is 0.680.